The van der Waals surface area contributed by atoms with Gasteiger partial charge in [0, 0.05) is 32.1 Å². The van der Waals surface area contributed by atoms with Gasteiger partial charge in [0.15, 0.2) is 17.0 Å². The monoisotopic (exact) mass is 510 g/mol. The number of nitrogens with one attached hydrogen (secondary N) is 1. The molecule has 0 spiro atoms. The molecule has 2 aromatic carbocycles. The van der Waals surface area contributed by atoms with E-state index in [1.807, 2.05) is 28.8 Å². The zero-order valence-corrected chi connectivity index (χ0v) is 21.6. The van der Waals surface area contributed by atoms with Crippen molar-refractivity contribution < 1.29 is 0 Å². The molecule has 1 saturated carbocycles. The van der Waals surface area contributed by atoms with Gasteiger partial charge in [0.1, 0.15) is 5.82 Å². The molecule has 1 aliphatic rings. The quantitative estimate of drug-likeness (QED) is 0.324. The van der Waals surface area contributed by atoms with Gasteiger partial charge in [-0.15, -0.1) is 5.10 Å². The average molecular weight is 511 g/mol. The molecule has 0 atom stereocenters. The van der Waals surface area contributed by atoms with Gasteiger partial charge in [-0.3, -0.25) is 13.9 Å². The second kappa shape index (κ2) is 9.85. The molecule has 0 bridgehead atoms. The number of unbranched alkanes of at least 4 members (excludes halogenated alkanes) is 1. The Morgan fingerprint density at radius 3 is 2.45 bits per heavy atom. The second-order valence-corrected chi connectivity index (χ2v) is 10.1. The van der Waals surface area contributed by atoms with Crippen LogP contribution in [0.15, 0.2) is 58.1 Å². The molecule has 3 heterocycles. The van der Waals surface area contributed by atoms with E-state index < -0.39 is 0 Å². The molecule has 0 radical (unpaired) electrons. The first-order chi connectivity index (χ1) is 18.5. The Hall–Kier alpha value is -4.34. The molecule has 194 valence electrons. The van der Waals surface area contributed by atoms with Crippen LogP contribution in [0.3, 0.4) is 0 Å². The number of aromatic amines is 1. The normalized spacial score (nSPS) is 13.4. The van der Waals surface area contributed by atoms with Gasteiger partial charge in [0.25, 0.3) is 5.56 Å². The number of hydrogen-bond donors (Lipinski definition) is 1. The number of fused-ring (bicyclic) bond motifs is 1. The minimum absolute atomic E-state index is 0.239. The van der Waals surface area contributed by atoms with Gasteiger partial charge in [0.2, 0.25) is 0 Å². The van der Waals surface area contributed by atoms with Crippen LogP contribution in [0.25, 0.3) is 33.7 Å². The SMILES string of the molecule is CCCCc1nc2c(c(=O)n(CC3CC3)c(=O)n2C)n1Cc1ccc(-c2ccccc2-c2nnn[nH]2)cc1. The van der Waals surface area contributed by atoms with E-state index in [0.29, 0.717) is 36.0 Å². The first-order valence-electron chi connectivity index (χ1n) is 13.2. The summed E-state index contributed by atoms with van der Waals surface area (Å²) in [6, 6.07) is 16.3. The van der Waals surface area contributed by atoms with Gasteiger partial charge < -0.3 is 4.57 Å². The van der Waals surface area contributed by atoms with Gasteiger partial charge in [-0.05, 0) is 52.3 Å². The highest BCUT2D eigenvalue weighted by Crippen LogP contribution is 2.31. The summed E-state index contributed by atoms with van der Waals surface area (Å²) < 4.78 is 4.95. The van der Waals surface area contributed by atoms with E-state index in [1.165, 1.54) is 9.13 Å². The molecule has 1 aliphatic carbocycles. The van der Waals surface area contributed by atoms with Gasteiger partial charge in [-0.2, -0.15) is 0 Å². The summed E-state index contributed by atoms with van der Waals surface area (Å²) in [5.74, 6) is 1.87. The van der Waals surface area contributed by atoms with Crippen LogP contribution >= 0.6 is 0 Å². The van der Waals surface area contributed by atoms with Crippen molar-refractivity contribution >= 4 is 11.2 Å². The zero-order valence-electron chi connectivity index (χ0n) is 21.6. The molecule has 10 heteroatoms. The predicted molar refractivity (Wildman–Crippen MR) is 145 cm³/mol. The lowest BCUT2D eigenvalue weighted by Gasteiger charge is -2.12. The lowest BCUT2D eigenvalue weighted by atomic mass is 9.98. The third kappa shape index (κ3) is 4.36. The van der Waals surface area contributed by atoms with Crippen molar-refractivity contribution in [2.45, 2.75) is 52.1 Å². The fraction of sp³-hybridized carbons (Fsp3) is 0.357. The number of hydrogen-bond acceptors (Lipinski definition) is 6. The molecule has 1 N–H and O–H groups in total. The number of rotatable bonds is 9. The van der Waals surface area contributed by atoms with Crippen molar-refractivity contribution in [1.82, 2.24) is 39.3 Å². The van der Waals surface area contributed by atoms with Crippen molar-refractivity contribution in [3.8, 4) is 22.5 Å². The van der Waals surface area contributed by atoms with Crippen LogP contribution in [0.1, 0.15) is 44.0 Å². The summed E-state index contributed by atoms with van der Waals surface area (Å²) in [6.45, 7) is 3.11. The first-order valence-corrected chi connectivity index (χ1v) is 13.2. The zero-order chi connectivity index (χ0) is 26.2. The van der Waals surface area contributed by atoms with E-state index in [1.54, 1.807) is 7.05 Å². The number of tetrazole rings is 1. The van der Waals surface area contributed by atoms with Crippen LogP contribution in [0.2, 0.25) is 0 Å². The summed E-state index contributed by atoms with van der Waals surface area (Å²) in [5.41, 5.74) is 4.47. The second-order valence-electron chi connectivity index (χ2n) is 10.1. The van der Waals surface area contributed by atoms with E-state index in [9.17, 15) is 9.59 Å². The molecular formula is C28H30N8O2. The van der Waals surface area contributed by atoms with Gasteiger partial charge in [-0.25, -0.2) is 14.9 Å². The summed E-state index contributed by atoms with van der Waals surface area (Å²) >= 11 is 0. The molecule has 0 aliphatic heterocycles. The summed E-state index contributed by atoms with van der Waals surface area (Å²) in [5, 5.41) is 14.3. The molecule has 38 heavy (non-hydrogen) atoms. The lowest BCUT2D eigenvalue weighted by molar-refractivity contribution is 0.557. The standard InChI is InChI=1S/C28H30N8O2/c1-3-4-9-23-29-26-24(27(37)36(17-18-10-11-18)28(38)34(26)2)35(23)16-19-12-14-20(15-13-19)21-7-5-6-8-22(21)25-30-32-33-31-25/h5-8,12-15,18H,3-4,9-11,16-17H2,1-2H3,(H,30,31,32,33). The minimum atomic E-state index is -0.286. The van der Waals surface area contributed by atoms with E-state index in [4.69, 9.17) is 4.98 Å². The smallest absolute Gasteiger partial charge is 0.318 e. The Labute approximate surface area is 219 Å². The maximum atomic E-state index is 13.6. The van der Waals surface area contributed by atoms with Crippen molar-refractivity contribution in [2.75, 3.05) is 0 Å². The minimum Gasteiger partial charge on any atom is -0.318 e. The highest BCUT2D eigenvalue weighted by Gasteiger charge is 2.26. The largest absolute Gasteiger partial charge is 0.332 e. The van der Waals surface area contributed by atoms with Crippen LogP contribution < -0.4 is 11.2 Å². The van der Waals surface area contributed by atoms with Crippen LogP contribution in [-0.4, -0.2) is 39.3 Å². The Morgan fingerprint density at radius 2 is 1.76 bits per heavy atom. The van der Waals surface area contributed by atoms with Crippen LogP contribution in [-0.2, 0) is 26.6 Å². The molecule has 3 aromatic heterocycles. The highest BCUT2D eigenvalue weighted by atomic mass is 16.2. The maximum Gasteiger partial charge on any atom is 0.332 e. The molecule has 0 amide bonds. The third-order valence-corrected chi connectivity index (χ3v) is 7.34. The van der Waals surface area contributed by atoms with Crippen molar-refractivity contribution in [3.63, 3.8) is 0 Å². The number of benzene rings is 2. The van der Waals surface area contributed by atoms with E-state index in [0.717, 1.165) is 60.2 Å². The van der Waals surface area contributed by atoms with Crippen LogP contribution in [0.5, 0.6) is 0 Å². The van der Waals surface area contributed by atoms with Gasteiger partial charge >= 0.3 is 5.69 Å². The lowest BCUT2D eigenvalue weighted by Crippen LogP contribution is -2.40. The van der Waals surface area contributed by atoms with Crippen LogP contribution in [0, 0.1) is 5.92 Å². The third-order valence-electron chi connectivity index (χ3n) is 7.34. The summed E-state index contributed by atoms with van der Waals surface area (Å²) in [6.07, 6.45) is 4.86. The van der Waals surface area contributed by atoms with Gasteiger partial charge in [-0.1, -0.05) is 61.9 Å². The number of imidazole rings is 1. The maximum absolute atomic E-state index is 13.6. The molecule has 10 nitrogen and oxygen atoms in total. The number of H-pyrrole nitrogens is 1. The Kier molecular flexibility index (Phi) is 6.22. The van der Waals surface area contributed by atoms with E-state index >= 15 is 0 Å². The Balaban J connectivity index is 1.40. The number of aromatic nitrogens is 8. The van der Waals surface area contributed by atoms with Gasteiger partial charge in [0.05, 0.1) is 0 Å². The van der Waals surface area contributed by atoms with E-state index in [2.05, 4.69) is 51.8 Å². The highest BCUT2D eigenvalue weighted by molar-refractivity contribution is 5.80. The predicted octanol–water partition coefficient (Wildman–Crippen LogP) is 3.54. The topological polar surface area (TPSA) is 116 Å². The Morgan fingerprint density at radius 1 is 1.00 bits per heavy atom. The average Bonchev–Trinajstić information content (AvgIpc) is 3.45. The Bertz CT molecular complexity index is 1710. The number of nitrogens with zero attached hydrogens (tertiary/aromatic N) is 7. The van der Waals surface area contributed by atoms with Crippen molar-refractivity contribution in [3.05, 3.63) is 80.8 Å². The van der Waals surface area contributed by atoms with E-state index in [-0.39, 0.29) is 11.2 Å². The fourth-order valence-electron chi connectivity index (χ4n) is 5.02. The molecule has 5 aromatic rings. The first kappa shape index (κ1) is 24.0. The fourth-order valence-corrected chi connectivity index (χ4v) is 5.02. The van der Waals surface area contributed by atoms with Crippen LogP contribution in [0.4, 0.5) is 0 Å². The number of aryl methyl sites for hydroxylation is 2. The van der Waals surface area contributed by atoms with Crippen molar-refractivity contribution in [2.24, 2.45) is 13.0 Å². The molecule has 0 unspecified atom stereocenters. The summed E-state index contributed by atoms with van der Waals surface area (Å²) in [7, 11) is 1.71. The molecular weight excluding hydrogens is 480 g/mol. The molecule has 1 fully saturated rings. The molecule has 6 rings (SSSR count). The summed E-state index contributed by atoms with van der Waals surface area (Å²) in [4.78, 5) is 31.4. The molecule has 0 saturated heterocycles. The van der Waals surface area contributed by atoms with Crippen molar-refractivity contribution in [1.29, 1.82) is 0 Å².